The van der Waals surface area contributed by atoms with Crippen molar-refractivity contribution in [3.05, 3.63) is 71.2 Å². The summed E-state index contributed by atoms with van der Waals surface area (Å²) >= 11 is 0. The molecule has 7 nitrogen and oxygen atoms in total. The van der Waals surface area contributed by atoms with Crippen LogP contribution < -0.4 is 10.6 Å². The molecule has 4 aromatic rings. The molecule has 11 heteroatoms. The number of aryl methyl sites for hydroxylation is 2. The maximum Gasteiger partial charge on any atom is 0.324 e. The van der Waals surface area contributed by atoms with Crippen LogP contribution in [0.3, 0.4) is 0 Å². The highest BCUT2D eigenvalue weighted by molar-refractivity contribution is 6.01. The predicted octanol–water partition coefficient (Wildman–Crippen LogP) is 4.70. The summed E-state index contributed by atoms with van der Waals surface area (Å²) in [6.07, 6.45) is 1.51. The predicted molar refractivity (Wildman–Crippen MR) is 123 cm³/mol. The fraction of sp³-hybridized carbons (Fsp3) is 0.208. The molecule has 5 rings (SSSR count). The number of nitrogens with zero attached hydrogens (tertiary/aromatic N) is 5. The molecule has 0 saturated carbocycles. The van der Waals surface area contributed by atoms with E-state index in [-0.39, 0.29) is 34.7 Å². The molecule has 0 spiro atoms. The molecule has 1 aliphatic heterocycles. The Bertz CT molecular complexity index is 1490. The number of amides is 2. The van der Waals surface area contributed by atoms with Gasteiger partial charge in [0, 0.05) is 37.5 Å². The van der Waals surface area contributed by atoms with Crippen LogP contribution in [0.2, 0.25) is 0 Å². The maximum atomic E-state index is 15.4. The van der Waals surface area contributed by atoms with Gasteiger partial charge in [-0.15, -0.1) is 0 Å². The van der Waals surface area contributed by atoms with E-state index in [4.69, 9.17) is 5.73 Å². The summed E-state index contributed by atoms with van der Waals surface area (Å²) in [6.45, 7) is 1.58. The molecular formula is C24H20F4N6O. The van der Waals surface area contributed by atoms with Crippen LogP contribution >= 0.6 is 0 Å². The van der Waals surface area contributed by atoms with Crippen LogP contribution in [0.1, 0.15) is 17.4 Å². The summed E-state index contributed by atoms with van der Waals surface area (Å²) in [5.74, 6) is -2.88. The first-order valence-corrected chi connectivity index (χ1v) is 10.6. The molecule has 1 atom stereocenters. The fourth-order valence-electron chi connectivity index (χ4n) is 4.57. The number of anilines is 2. The van der Waals surface area contributed by atoms with E-state index < -0.39 is 35.3 Å². The number of nitrogen functional groups attached to an aromatic ring is 1. The molecule has 180 valence electrons. The molecule has 1 saturated heterocycles. The van der Waals surface area contributed by atoms with Gasteiger partial charge in [-0.25, -0.2) is 32.3 Å². The molecule has 0 aliphatic carbocycles. The monoisotopic (exact) mass is 484 g/mol. The molecule has 0 radical (unpaired) electrons. The highest BCUT2D eigenvalue weighted by Gasteiger charge is 2.38. The number of hydrogen-bond acceptors (Lipinski definition) is 4. The molecular weight excluding hydrogens is 464 g/mol. The number of likely N-dealkylation sites (N-methyl/N-ethyl adjacent to an activating group) is 1. The van der Waals surface area contributed by atoms with Crippen LogP contribution in [0.25, 0.3) is 22.2 Å². The Balaban J connectivity index is 1.56. The van der Waals surface area contributed by atoms with Gasteiger partial charge >= 0.3 is 6.03 Å². The first-order chi connectivity index (χ1) is 16.6. The van der Waals surface area contributed by atoms with E-state index in [0.717, 1.165) is 29.2 Å². The van der Waals surface area contributed by atoms with Crippen molar-refractivity contribution in [1.82, 2.24) is 19.4 Å². The zero-order valence-corrected chi connectivity index (χ0v) is 19.0. The quantitative estimate of drug-likeness (QED) is 0.428. The number of carbonyl (C=O) groups excluding carboxylic acids is 1. The minimum Gasteiger partial charge on any atom is -0.383 e. The number of urea groups is 1. The van der Waals surface area contributed by atoms with Gasteiger partial charge in [-0.3, -0.25) is 4.90 Å². The average Bonchev–Trinajstić information content (AvgIpc) is 3.25. The lowest BCUT2D eigenvalue weighted by molar-refractivity contribution is 0.218. The summed E-state index contributed by atoms with van der Waals surface area (Å²) in [6, 6.07) is 3.80. The second-order valence-electron chi connectivity index (χ2n) is 8.48. The van der Waals surface area contributed by atoms with Crippen molar-refractivity contribution in [2.75, 3.05) is 24.2 Å². The average molecular weight is 484 g/mol. The maximum absolute atomic E-state index is 15.4. The Kier molecular flexibility index (Phi) is 5.15. The lowest BCUT2D eigenvalue weighted by Crippen LogP contribution is -2.29. The minimum absolute atomic E-state index is 0.0362. The smallest absolute Gasteiger partial charge is 0.324 e. The van der Waals surface area contributed by atoms with Gasteiger partial charge in [0.25, 0.3) is 0 Å². The number of fused-ring (bicyclic) bond motifs is 1. The van der Waals surface area contributed by atoms with E-state index in [9.17, 15) is 13.6 Å². The summed E-state index contributed by atoms with van der Waals surface area (Å²) in [4.78, 5) is 23.7. The molecule has 2 N–H and O–H groups in total. The molecule has 35 heavy (non-hydrogen) atoms. The van der Waals surface area contributed by atoms with Gasteiger partial charge in [0.2, 0.25) is 0 Å². The SMILES string of the molecule is Cc1nc(N)c2c(-c3c(F)cc(N4CC(c5ccc(F)cc5F)N(C)C4=O)cc3F)cn(C)c2n1. The molecule has 2 amide bonds. The third kappa shape index (κ3) is 3.54. The number of aromatic nitrogens is 3. The number of hydrogen-bond donors (Lipinski definition) is 1. The lowest BCUT2D eigenvalue weighted by atomic mass is 10.0. The van der Waals surface area contributed by atoms with Crippen molar-refractivity contribution in [2.45, 2.75) is 13.0 Å². The summed E-state index contributed by atoms with van der Waals surface area (Å²) in [7, 11) is 3.12. The van der Waals surface area contributed by atoms with Crippen molar-refractivity contribution in [3.63, 3.8) is 0 Å². The van der Waals surface area contributed by atoms with Crippen LogP contribution in [-0.2, 0) is 7.05 Å². The molecule has 1 unspecified atom stereocenters. The van der Waals surface area contributed by atoms with Crippen LogP contribution in [0.4, 0.5) is 33.9 Å². The number of halogens is 4. The van der Waals surface area contributed by atoms with E-state index in [1.54, 1.807) is 18.5 Å². The summed E-state index contributed by atoms with van der Waals surface area (Å²) in [5.41, 5.74) is 6.38. The molecule has 1 aliphatic rings. The second kappa shape index (κ2) is 7.97. The minimum atomic E-state index is -0.917. The number of rotatable bonds is 3. The van der Waals surface area contributed by atoms with Gasteiger partial charge in [0.05, 0.1) is 29.2 Å². The fourth-order valence-corrected chi connectivity index (χ4v) is 4.57. The Morgan fingerprint density at radius 1 is 1.00 bits per heavy atom. The normalized spacial score (nSPS) is 16.1. The van der Waals surface area contributed by atoms with Gasteiger partial charge < -0.3 is 15.2 Å². The molecule has 2 aromatic carbocycles. The van der Waals surface area contributed by atoms with Gasteiger partial charge in [0.1, 0.15) is 40.6 Å². The van der Waals surface area contributed by atoms with Crippen molar-refractivity contribution in [2.24, 2.45) is 7.05 Å². The van der Waals surface area contributed by atoms with Crippen LogP contribution in [-0.4, -0.2) is 39.1 Å². The van der Waals surface area contributed by atoms with Crippen molar-refractivity contribution in [1.29, 1.82) is 0 Å². The van der Waals surface area contributed by atoms with Gasteiger partial charge in [-0.2, -0.15) is 0 Å². The largest absolute Gasteiger partial charge is 0.383 e. The van der Waals surface area contributed by atoms with E-state index in [0.29, 0.717) is 16.9 Å². The number of carbonyl (C=O) groups is 1. The first-order valence-electron chi connectivity index (χ1n) is 10.6. The van der Waals surface area contributed by atoms with Gasteiger partial charge in [-0.1, -0.05) is 6.07 Å². The number of nitrogens with two attached hydrogens (primary N) is 1. The van der Waals surface area contributed by atoms with Crippen LogP contribution in [0, 0.1) is 30.2 Å². The first kappa shape index (κ1) is 22.6. The third-order valence-electron chi connectivity index (χ3n) is 6.24. The third-order valence-corrected chi connectivity index (χ3v) is 6.24. The van der Waals surface area contributed by atoms with E-state index in [1.807, 2.05) is 0 Å². The molecule has 0 bridgehead atoms. The zero-order valence-electron chi connectivity index (χ0n) is 19.0. The van der Waals surface area contributed by atoms with Crippen molar-refractivity contribution >= 4 is 28.6 Å². The summed E-state index contributed by atoms with van der Waals surface area (Å²) < 4.78 is 60.0. The highest BCUT2D eigenvalue weighted by Crippen LogP contribution is 2.39. The highest BCUT2D eigenvalue weighted by atomic mass is 19.1. The van der Waals surface area contributed by atoms with Gasteiger partial charge in [-0.05, 0) is 25.1 Å². The summed E-state index contributed by atoms with van der Waals surface area (Å²) in [5, 5.41) is 0.312. The number of benzene rings is 2. The van der Waals surface area contributed by atoms with Crippen molar-refractivity contribution < 1.29 is 22.4 Å². The molecule has 3 heterocycles. The molecule has 1 fully saturated rings. The lowest BCUT2D eigenvalue weighted by Gasteiger charge is -2.18. The zero-order chi connectivity index (χ0) is 25.2. The van der Waals surface area contributed by atoms with Crippen LogP contribution in [0.5, 0.6) is 0 Å². The molecule has 2 aromatic heterocycles. The standard InChI is InChI=1S/C24H20F4N6O/c1-11-30-22(29)21-15(9-32(2)23(21)31-11)20-17(27)7-13(8-18(20)28)34-10-19(33(3)24(34)35)14-5-4-12(25)6-16(14)26/h4-9,19H,10H2,1-3H3,(H2,29,30,31). The Labute approximate surface area is 197 Å². The van der Waals surface area contributed by atoms with Crippen molar-refractivity contribution in [3.8, 4) is 11.1 Å². The van der Waals surface area contributed by atoms with Gasteiger partial charge in [0.15, 0.2) is 0 Å². The Morgan fingerprint density at radius 3 is 2.34 bits per heavy atom. The van der Waals surface area contributed by atoms with E-state index in [2.05, 4.69) is 9.97 Å². The van der Waals surface area contributed by atoms with E-state index >= 15 is 8.78 Å². The van der Waals surface area contributed by atoms with E-state index in [1.165, 1.54) is 24.2 Å². The topological polar surface area (TPSA) is 80.3 Å². The van der Waals surface area contributed by atoms with Crippen LogP contribution in [0.15, 0.2) is 36.5 Å². The Morgan fingerprint density at radius 2 is 1.69 bits per heavy atom. The second-order valence-corrected chi connectivity index (χ2v) is 8.48. The Hall–Kier alpha value is -4.15.